The standard InChI is InChI=1S/C25H28N2O2/c1-3-23(25(29)26-2)27(18-19-10-5-4-6-11-19)24(28)17-16-21-14-9-13-20-12-7-8-15-22(20)21/h4-15,23H,3,16-18H2,1-2H3,(H,26,29). The van der Waals surface area contributed by atoms with Crippen LogP contribution in [0.1, 0.15) is 30.9 Å². The van der Waals surface area contributed by atoms with Gasteiger partial charge in [-0.05, 0) is 34.7 Å². The van der Waals surface area contributed by atoms with Crippen LogP contribution in [0.15, 0.2) is 72.8 Å². The van der Waals surface area contributed by atoms with Crippen molar-refractivity contribution in [3.63, 3.8) is 0 Å². The molecule has 0 heterocycles. The average Bonchev–Trinajstić information content (AvgIpc) is 2.77. The third kappa shape index (κ3) is 5.02. The zero-order valence-corrected chi connectivity index (χ0v) is 17.1. The molecule has 4 nitrogen and oxygen atoms in total. The summed E-state index contributed by atoms with van der Waals surface area (Å²) in [6.07, 6.45) is 1.59. The molecule has 0 radical (unpaired) electrons. The highest BCUT2D eigenvalue weighted by Gasteiger charge is 2.27. The Labute approximate surface area is 172 Å². The molecule has 0 fully saturated rings. The van der Waals surface area contributed by atoms with Gasteiger partial charge in [-0.15, -0.1) is 0 Å². The molecule has 0 aromatic heterocycles. The van der Waals surface area contributed by atoms with E-state index in [-0.39, 0.29) is 11.8 Å². The summed E-state index contributed by atoms with van der Waals surface area (Å²) >= 11 is 0. The minimum Gasteiger partial charge on any atom is -0.357 e. The number of aryl methyl sites for hydroxylation is 1. The lowest BCUT2D eigenvalue weighted by atomic mass is 10.00. The number of likely N-dealkylation sites (N-methyl/N-ethyl adjacent to an activating group) is 1. The Hall–Kier alpha value is -3.14. The van der Waals surface area contributed by atoms with Crippen LogP contribution in [-0.4, -0.2) is 29.8 Å². The van der Waals surface area contributed by atoms with Crippen LogP contribution in [0.3, 0.4) is 0 Å². The number of hydrogen-bond donors (Lipinski definition) is 1. The fourth-order valence-corrected chi connectivity index (χ4v) is 3.76. The largest absolute Gasteiger partial charge is 0.357 e. The van der Waals surface area contributed by atoms with Gasteiger partial charge in [0.25, 0.3) is 0 Å². The van der Waals surface area contributed by atoms with Crippen molar-refractivity contribution in [1.82, 2.24) is 10.2 Å². The molecule has 1 N–H and O–H groups in total. The van der Waals surface area contributed by atoms with Crippen LogP contribution in [0.2, 0.25) is 0 Å². The van der Waals surface area contributed by atoms with Crippen molar-refractivity contribution in [3.05, 3.63) is 83.9 Å². The van der Waals surface area contributed by atoms with E-state index in [0.717, 1.165) is 11.1 Å². The van der Waals surface area contributed by atoms with E-state index < -0.39 is 6.04 Å². The number of rotatable bonds is 8. The molecule has 4 heteroatoms. The first-order valence-corrected chi connectivity index (χ1v) is 10.2. The van der Waals surface area contributed by atoms with E-state index in [1.54, 1.807) is 11.9 Å². The van der Waals surface area contributed by atoms with E-state index in [9.17, 15) is 9.59 Å². The molecule has 29 heavy (non-hydrogen) atoms. The molecule has 0 saturated heterocycles. The average molecular weight is 389 g/mol. The Morgan fingerprint density at radius 3 is 2.34 bits per heavy atom. The number of carbonyl (C=O) groups is 2. The summed E-state index contributed by atoms with van der Waals surface area (Å²) in [7, 11) is 1.62. The molecule has 2 amide bonds. The van der Waals surface area contributed by atoms with Crippen LogP contribution < -0.4 is 5.32 Å². The summed E-state index contributed by atoms with van der Waals surface area (Å²) in [5.41, 5.74) is 2.18. The van der Waals surface area contributed by atoms with Gasteiger partial charge in [0.1, 0.15) is 6.04 Å². The smallest absolute Gasteiger partial charge is 0.242 e. The number of amides is 2. The molecule has 1 atom stereocenters. The van der Waals surface area contributed by atoms with Gasteiger partial charge in [-0.2, -0.15) is 0 Å². The topological polar surface area (TPSA) is 49.4 Å². The zero-order valence-electron chi connectivity index (χ0n) is 17.1. The molecular formula is C25H28N2O2. The van der Waals surface area contributed by atoms with Crippen molar-refractivity contribution < 1.29 is 9.59 Å². The lowest BCUT2D eigenvalue weighted by Crippen LogP contribution is -2.48. The van der Waals surface area contributed by atoms with Crippen LogP contribution in [0.4, 0.5) is 0 Å². The highest BCUT2D eigenvalue weighted by molar-refractivity contribution is 5.89. The van der Waals surface area contributed by atoms with Gasteiger partial charge >= 0.3 is 0 Å². The van der Waals surface area contributed by atoms with Crippen molar-refractivity contribution in [2.45, 2.75) is 38.8 Å². The molecule has 3 aromatic carbocycles. The van der Waals surface area contributed by atoms with Gasteiger partial charge in [0.2, 0.25) is 11.8 Å². The van der Waals surface area contributed by atoms with Crippen LogP contribution in [0, 0.1) is 0 Å². The molecule has 0 bridgehead atoms. The molecule has 0 aliphatic rings. The summed E-state index contributed by atoms with van der Waals surface area (Å²) in [5, 5.41) is 5.06. The van der Waals surface area contributed by atoms with E-state index in [1.165, 1.54) is 10.8 Å². The second-order valence-corrected chi connectivity index (χ2v) is 7.18. The molecule has 0 spiro atoms. The maximum absolute atomic E-state index is 13.2. The van der Waals surface area contributed by atoms with Gasteiger partial charge in [0, 0.05) is 20.0 Å². The highest BCUT2D eigenvalue weighted by atomic mass is 16.2. The lowest BCUT2D eigenvalue weighted by molar-refractivity contribution is -0.141. The highest BCUT2D eigenvalue weighted by Crippen LogP contribution is 2.21. The van der Waals surface area contributed by atoms with Gasteiger partial charge in [0.05, 0.1) is 0 Å². The maximum atomic E-state index is 13.2. The minimum absolute atomic E-state index is 0.00256. The van der Waals surface area contributed by atoms with Gasteiger partial charge in [-0.3, -0.25) is 9.59 Å². The van der Waals surface area contributed by atoms with Crippen LogP contribution >= 0.6 is 0 Å². The SMILES string of the molecule is CCC(C(=O)NC)N(Cc1ccccc1)C(=O)CCc1cccc2ccccc12. The van der Waals surface area contributed by atoms with E-state index in [2.05, 4.69) is 29.6 Å². The normalized spacial score (nSPS) is 11.8. The van der Waals surface area contributed by atoms with Crippen LogP contribution in [-0.2, 0) is 22.6 Å². The first-order valence-electron chi connectivity index (χ1n) is 10.2. The number of hydrogen-bond acceptors (Lipinski definition) is 2. The Morgan fingerprint density at radius 1 is 0.931 bits per heavy atom. The summed E-state index contributed by atoms with van der Waals surface area (Å²) in [6, 6.07) is 23.8. The number of benzene rings is 3. The molecule has 3 rings (SSSR count). The fourth-order valence-electron chi connectivity index (χ4n) is 3.76. The third-order valence-electron chi connectivity index (χ3n) is 5.32. The predicted molar refractivity (Wildman–Crippen MR) is 117 cm³/mol. The van der Waals surface area contributed by atoms with Gasteiger partial charge in [-0.25, -0.2) is 0 Å². The zero-order chi connectivity index (χ0) is 20.6. The van der Waals surface area contributed by atoms with E-state index >= 15 is 0 Å². The second kappa shape index (κ2) is 9.87. The molecule has 0 saturated carbocycles. The Bertz CT molecular complexity index is 963. The van der Waals surface area contributed by atoms with Crippen LogP contribution in [0.25, 0.3) is 10.8 Å². The van der Waals surface area contributed by atoms with Gasteiger partial charge < -0.3 is 10.2 Å². The number of nitrogens with zero attached hydrogens (tertiary/aromatic N) is 1. The van der Waals surface area contributed by atoms with E-state index in [1.807, 2.05) is 55.5 Å². The number of fused-ring (bicyclic) bond motifs is 1. The predicted octanol–water partition coefficient (Wildman–Crippen LogP) is 4.33. The Kier molecular flexibility index (Phi) is 7.01. The van der Waals surface area contributed by atoms with Gasteiger partial charge in [-0.1, -0.05) is 79.7 Å². The van der Waals surface area contributed by atoms with Crippen molar-refractivity contribution >= 4 is 22.6 Å². The van der Waals surface area contributed by atoms with E-state index in [0.29, 0.717) is 25.8 Å². The van der Waals surface area contributed by atoms with Crippen molar-refractivity contribution in [1.29, 1.82) is 0 Å². The monoisotopic (exact) mass is 388 g/mol. The first kappa shape index (κ1) is 20.6. The fraction of sp³-hybridized carbons (Fsp3) is 0.280. The summed E-state index contributed by atoms with van der Waals surface area (Å²) in [4.78, 5) is 27.4. The molecule has 3 aromatic rings. The first-order chi connectivity index (χ1) is 14.1. The molecule has 0 aliphatic heterocycles. The minimum atomic E-state index is -0.472. The summed E-state index contributed by atoms with van der Waals surface area (Å²) in [6.45, 7) is 2.37. The summed E-state index contributed by atoms with van der Waals surface area (Å²) < 4.78 is 0. The Balaban J connectivity index is 1.80. The molecule has 0 aliphatic carbocycles. The second-order valence-electron chi connectivity index (χ2n) is 7.18. The Morgan fingerprint density at radius 2 is 1.62 bits per heavy atom. The van der Waals surface area contributed by atoms with E-state index in [4.69, 9.17) is 0 Å². The van der Waals surface area contributed by atoms with Gasteiger partial charge in [0.15, 0.2) is 0 Å². The number of nitrogens with one attached hydrogen (secondary N) is 1. The maximum Gasteiger partial charge on any atom is 0.242 e. The lowest BCUT2D eigenvalue weighted by Gasteiger charge is -2.30. The van der Waals surface area contributed by atoms with Crippen molar-refractivity contribution in [3.8, 4) is 0 Å². The number of carbonyl (C=O) groups excluding carboxylic acids is 2. The van der Waals surface area contributed by atoms with Crippen LogP contribution in [0.5, 0.6) is 0 Å². The summed E-state index contributed by atoms with van der Waals surface area (Å²) in [5.74, 6) is -0.126. The molecule has 150 valence electrons. The quantitative estimate of drug-likeness (QED) is 0.625. The molecular weight excluding hydrogens is 360 g/mol. The molecule has 1 unspecified atom stereocenters. The third-order valence-corrected chi connectivity index (χ3v) is 5.32. The van der Waals surface area contributed by atoms with Crippen molar-refractivity contribution in [2.75, 3.05) is 7.05 Å². The van der Waals surface area contributed by atoms with Crippen molar-refractivity contribution in [2.24, 2.45) is 0 Å².